The summed E-state index contributed by atoms with van der Waals surface area (Å²) in [7, 11) is 1.60. The largest absolute Gasteiger partial charge is 0.481 e. The summed E-state index contributed by atoms with van der Waals surface area (Å²) in [5.74, 6) is 1.34. The molecule has 2 heterocycles. The molecule has 0 N–H and O–H groups in total. The molecule has 2 aromatic heterocycles. The molecule has 6 heteroatoms. The Morgan fingerprint density at radius 1 is 1.50 bits per heavy atom. The van der Waals surface area contributed by atoms with Crippen molar-refractivity contribution in [3.8, 4) is 5.88 Å². The van der Waals surface area contributed by atoms with Crippen LogP contribution < -0.4 is 4.74 Å². The summed E-state index contributed by atoms with van der Waals surface area (Å²) in [6, 6.07) is 2.02. The van der Waals surface area contributed by atoms with E-state index in [0.29, 0.717) is 12.4 Å². The quantitative estimate of drug-likeness (QED) is 0.778. The third-order valence-corrected chi connectivity index (χ3v) is 2.99. The molecule has 0 aliphatic heterocycles. The Labute approximate surface area is 117 Å². The molecule has 6 nitrogen and oxygen atoms in total. The van der Waals surface area contributed by atoms with E-state index in [2.05, 4.69) is 27.1 Å². The van der Waals surface area contributed by atoms with Crippen LogP contribution in [0.15, 0.2) is 31.0 Å². The third kappa shape index (κ3) is 2.74. The van der Waals surface area contributed by atoms with Crippen molar-refractivity contribution in [1.29, 1.82) is 0 Å². The first kappa shape index (κ1) is 13.9. The smallest absolute Gasteiger partial charge is 0.221 e. The Bertz CT molecular complexity index is 645. The van der Waals surface area contributed by atoms with E-state index in [-0.39, 0.29) is 0 Å². The van der Waals surface area contributed by atoms with Crippen LogP contribution in [-0.2, 0) is 6.54 Å². The summed E-state index contributed by atoms with van der Waals surface area (Å²) in [5, 5.41) is 11.4. The number of aromatic nitrogens is 5. The zero-order valence-electron chi connectivity index (χ0n) is 11.9. The van der Waals surface area contributed by atoms with Crippen LogP contribution in [0.5, 0.6) is 5.88 Å². The van der Waals surface area contributed by atoms with Crippen LogP contribution in [0.25, 0.3) is 5.57 Å². The SMILES string of the molecule is C=CC(=CC)c1cc(Cn2nnnc2C)cnc1OC. The van der Waals surface area contributed by atoms with Crippen molar-refractivity contribution in [2.45, 2.75) is 20.4 Å². The number of tetrazole rings is 1. The van der Waals surface area contributed by atoms with Gasteiger partial charge in [0, 0.05) is 11.8 Å². The second kappa shape index (κ2) is 6.10. The predicted molar refractivity (Wildman–Crippen MR) is 76.3 cm³/mol. The minimum atomic E-state index is 0.566. The highest BCUT2D eigenvalue weighted by Gasteiger charge is 2.10. The maximum Gasteiger partial charge on any atom is 0.221 e. The van der Waals surface area contributed by atoms with Crippen molar-refractivity contribution in [2.75, 3.05) is 7.11 Å². The molecule has 0 bridgehead atoms. The molecule has 0 atom stereocenters. The Hall–Kier alpha value is -2.50. The number of rotatable bonds is 5. The Balaban J connectivity index is 2.39. The van der Waals surface area contributed by atoms with Crippen LogP contribution >= 0.6 is 0 Å². The van der Waals surface area contributed by atoms with Gasteiger partial charge in [-0.3, -0.25) is 0 Å². The molecule has 0 amide bonds. The molecule has 0 radical (unpaired) electrons. The van der Waals surface area contributed by atoms with Crippen molar-refractivity contribution >= 4 is 5.57 Å². The summed E-state index contributed by atoms with van der Waals surface area (Å²) < 4.78 is 7.02. The normalized spacial score (nSPS) is 11.4. The topological polar surface area (TPSA) is 65.7 Å². The molecule has 0 aliphatic carbocycles. The average molecular weight is 271 g/mol. The van der Waals surface area contributed by atoms with Gasteiger partial charge in [0.1, 0.15) is 5.82 Å². The van der Waals surface area contributed by atoms with Gasteiger partial charge in [-0.05, 0) is 41.5 Å². The lowest BCUT2D eigenvalue weighted by Gasteiger charge is -2.10. The molecule has 0 aromatic carbocycles. The fourth-order valence-electron chi connectivity index (χ4n) is 1.90. The second-order valence-corrected chi connectivity index (χ2v) is 4.23. The third-order valence-electron chi connectivity index (χ3n) is 2.99. The van der Waals surface area contributed by atoms with Crippen LogP contribution in [0, 0.1) is 6.92 Å². The molecule has 0 spiro atoms. The van der Waals surface area contributed by atoms with Crippen molar-refractivity contribution in [3.05, 3.63) is 47.9 Å². The molecule has 0 saturated carbocycles. The number of allylic oxidation sites excluding steroid dienone is 3. The summed E-state index contributed by atoms with van der Waals surface area (Å²) in [5.41, 5.74) is 2.88. The Morgan fingerprint density at radius 3 is 2.85 bits per heavy atom. The van der Waals surface area contributed by atoms with Crippen molar-refractivity contribution in [3.63, 3.8) is 0 Å². The lowest BCUT2D eigenvalue weighted by molar-refractivity contribution is 0.396. The standard InChI is InChI=1S/C14H17N5O/c1-5-12(6-2)13-7-11(8-15-14(13)20-4)9-19-10(3)16-17-18-19/h5-8H,1,9H2,2-4H3. The molecule has 0 unspecified atom stereocenters. The van der Waals surface area contributed by atoms with Crippen LogP contribution in [0.3, 0.4) is 0 Å². The molecular formula is C14H17N5O. The predicted octanol–water partition coefficient (Wildman–Crippen LogP) is 2.02. The Kier molecular flexibility index (Phi) is 4.24. The van der Waals surface area contributed by atoms with E-state index in [9.17, 15) is 0 Å². The second-order valence-electron chi connectivity index (χ2n) is 4.23. The highest BCUT2D eigenvalue weighted by Crippen LogP contribution is 2.25. The van der Waals surface area contributed by atoms with Crippen LogP contribution in [0.1, 0.15) is 23.9 Å². The average Bonchev–Trinajstić information content (AvgIpc) is 2.86. The minimum absolute atomic E-state index is 0.566. The van der Waals surface area contributed by atoms with Crippen LogP contribution in [0.4, 0.5) is 0 Å². The molecular weight excluding hydrogens is 254 g/mol. The number of ether oxygens (including phenoxy) is 1. The summed E-state index contributed by atoms with van der Waals surface area (Å²) in [4.78, 5) is 4.33. The van der Waals surface area contributed by atoms with Gasteiger partial charge in [0.25, 0.3) is 0 Å². The highest BCUT2D eigenvalue weighted by molar-refractivity contribution is 5.76. The molecule has 2 aromatic rings. The van der Waals surface area contributed by atoms with Crippen LogP contribution in [0.2, 0.25) is 0 Å². The van der Waals surface area contributed by atoms with Crippen molar-refractivity contribution < 1.29 is 4.74 Å². The summed E-state index contributed by atoms with van der Waals surface area (Å²) in [6.45, 7) is 8.19. The van der Waals surface area contributed by atoms with Gasteiger partial charge in [0.05, 0.1) is 13.7 Å². The molecule has 0 fully saturated rings. The lowest BCUT2D eigenvalue weighted by atomic mass is 10.1. The lowest BCUT2D eigenvalue weighted by Crippen LogP contribution is -2.06. The molecule has 2 rings (SSSR count). The van der Waals surface area contributed by atoms with Gasteiger partial charge in [-0.15, -0.1) is 5.10 Å². The number of pyridine rings is 1. The van der Waals surface area contributed by atoms with Gasteiger partial charge in [-0.2, -0.15) is 0 Å². The van der Waals surface area contributed by atoms with Gasteiger partial charge in [-0.25, -0.2) is 9.67 Å². The fourth-order valence-corrected chi connectivity index (χ4v) is 1.90. The zero-order valence-corrected chi connectivity index (χ0v) is 11.9. The van der Waals surface area contributed by atoms with Crippen molar-refractivity contribution in [1.82, 2.24) is 25.2 Å². The number of aryl methyl sites for hydroxylation is 1. The maximum absolute atomic E-state index is 5.30. The number of nitrogens with zero attached hydrogens (tertiary/aromatic N) is 5. The van der Waals surface area contributed by atoms with E-state index in [0.717, 1.165) is 22.5 Å². The first-order valence-corrected chi connectivity index (χ1v) is 6.24. The van der Waals surface area contributed by atoms with Gasteiger partial charge < -0.3 is 4.74 Å². The van der Waals surface area contributed by atoms with Crippen molar-refractivity contribution in [2.24, 2.45) is 0 Å². The van der Waals surface area contributed by atoms with Gasteiger partial charge in [-0.1, -0.05) is 18.7 Å². The number of hydrogen-bond donors (Lipinski definition) is 0. The monoisotopic (exact) mass is 271 g/mol. The van der Waals surface area contributed by atoms with Gasteiger partial charge >= 0.3 is 0 Å². The van der Waals surface area contributed by atoms with E-state index < -0.39 is 0 Å². The molecule has 0 saturated heterocycles. The first-order chi connectivity index (χ1) is 9.69. The molecule has 104 valence electrons. The summed E-state index contributed by atoms with van der Waals surface area (Å²) >= 11 is 0. The highest BCUT2D eigenvalue weighted by atomic mass is 16.5. The number of hydrogen-bond acceptors (Lipinski definition) is 5. The van der Waals surface area contributed by atoms with Gasteiger partial charge in [0.15, 0.2) is 0 Å². The first-order valence-electron chi connectivity index (χ1n) is 6.24. The maximum atomic E-state index is 5.30. The molecule has 20 heavy (non-hydrogen) atoms. The minimum Gasteiger partial charge on any atom is -0.481 e. The van der Waals surface area contributed by atoms with Crippen LogP contribution in [-0.4, -0.2) is 32.3 Å². The fraction of sp³-hybridized carbons (Fsp3) is 0.286. The Morgan fingerprint density at radius 2 is 2.30 bits per heavy atom. The van der Waals surface area contributed by atoms with Gasteiger partial charge in [0.2, 0.25) is 5.88 Å². The van der Waals surface area contributed by atoms with E-state index in [1.165, 1.54) is 0 Å². The van der Waals surface area contributed by atoms with E-state index in [1.807, 2.05) is 26.0 Å². The van der Waals surface area contributed by atoms with E-state index in [1.54, 1.807) is 24.1 Å². The summed E-state index contributed by atoms with van der Waals surface area (Å²) in [6.07, 6.45) is 5.52. The molecule has 0 aliphatic rings. The van der Waals surface area contributed by atoms with E-state index >= 15 is 0 Å². The number of methoxy groups -OCH3 is 1. The van der Waals surface area contributed by atoms with E-state index in [4.69, 9.17) is 4.74 Å². The zero-order chi connectivity index (χ0) is 14.5.